The van der Waals surface area contributed by atoms with Crippen molar-refractivity contribution < 1.29 is 8.42 Å². The molecular formula is C11H15N5O2S. The average molecular weight is 281 g/mol. The van der Waals surface area contributed by atoms with Gasteiger partial charge in [0.1, 0.15) is 6.04 Å². The number of nitriles is 1. The third-order valence-electron chi connectivity index (χ3n) is 3.64. The fourth-order valence-electron chi connectivity index (χ4n) is 2.47. The van der Waals surface area contributed by atoms with Crippen LogP contribution in [0.15, 0.2) is 17.6 Å². The topological polar surface area (TPSA) is 93.1 Å². The number of piperazine rings is 1. The number of aromatic nitrogens is 2. The van der Waals surface area contributed by atoms with Crippen molar-refractivity contribution in [2.75, 3.05) is 19.6 Å². The van der Waals surface area contributed by atoms with Crippen LogP contribution in [0, 0.1) is 11.3 Å². The molecule has 3 rings (SSSR count). The van der Waals surface area contributed by atoms with Crippen molar-refractivity contribution >= 4 is 10.0 Å². The van der Waals surface area contributed by atoms with E-state index < -0.39 is 10.0 Å². The Hall–Kier alpha value is -1.43. The molecule has 1 atom stereocenters. The van der Waals surface area contributed by atoms with E-state index in [0.717, 1.165) is 12.8 Å². The molecule has 2 heterocycles. The van der Waals surface area contributed by atoms with Gasteiger partial charge in [0.15, 0.2) is 5.03 Å². The van der Waals surface area contributed by atoms with E-state index in [9.17, 15) is 13.7 Å². The van der Waals surface area contributed by atoms with E-state index in [1.54, 1.807) is 0 Å². The number of nitrogens with zero attached hydrogens (tertiary/aromatic N) is 4. The SMILES string of the molecule is N#CC1CN(S(=O)(=O)c2cnc[nH]2)CCN1C1CC1. The number of imidazole rings is 1. The summed E-state index contributed by atoms with van der Waals surface area (Å²) in [5, 5.41) is 9.31. The summed E-state index contributed by atoms with van der Waals surface area (Å²) in [6.45, 7) is 1.28. The van der Waals surface area contributed by atoms with E-state index in [-0.39, 0.29) is 17.6 Å². The van der Waals surface area contributed by atoms with Crippen LogP contribution < -0.4 is 0 Å². The highest BCUT2D eigenvalue weighted by Gasteiger charge is 2.40. The highest BCUT2D eigenvalue weighted by atomic mass is 32.2. The Bertz CT molecular complexity index is 587. The quantitative estimate of drug-likeness (QED) is 0.826. The normalized spacial score (nSPS) is 26.2. The first-order chi connectivity index (χ1) is 9.13. The Morgan fingerprint density at radius 1 is 1.42 bits per heavy atom. The van der Waals surface area contributed by atoms with Gasteiger partial charge in [-0.3, -0.25) is 4.90 Å². The number of rotatable bonds is 3. The van der Waals surface area contributed by atoms with E-state index in [4.69, 9.17) is 0 Å². The summed E-state index contributed by atoms with van der Waals surface area (Å²) >= 11 is 0. The van der Waals surface area contributed by atoms with Gasteiger partial charge in [-0.15, -0.1) is 0 Å². The maximum Gasteiger partial charge on any atom is 0.260 e. The fraction of sp³-hybridized carbons (Fsp3) is 0.636. The van der Waals surface area contributed by atoms with Gasteiger partial charge in [0, 0.05) is 25.7 Å². The van der Waals surface area contributed by atoms with E-state index in [1.165, 1.54) is 16.8 Å². The molecule has 102 valence electrons. The molecule has 1 saturated carbocycles. The van der Waals surface area contributed by atoms with Crippen molar-refractivity contribution in [3.05, 3.63) is 12.5 Å². The van der Waals surface area contributed by atoms with Gasteiger partial charge in [-0.25, -0.2) is 13.4 Å². The van der Waals surface area contributed by atoms with E-state index in [2.05, 4.69) is 20.9 Å². The number of aromatic amines is 1. The molecule has 0 bridgehead atoms. The average Bonchev–Trinajstić information content (AvgIpc) is 3.11. The van der Waals surface area contributed by atoms with Gasteiger partial charge >= 0.3 is 0 Å². The first kappa shape index (κ1) is 12.6. The molecule has 0 spiro atoms. The molecule has 7 nitrogen and oxygen atoms in total. The molecule has 19 heavy (non-hydrogen) atoms. The summed E-state index contributed by atoms with van der Waals surface area (Å²) in [6.07, 6.45) is 4.87. The molecule has 2 aliphatic rings. The summed E-state index contributed by atoms with van der Waals surface area (Å²) < 4.78 is 26.0. The second-order valence-electron chi connectivity index (χ2n) is 4.89. The van der Waals surface area contributed by atoms with Gasteiger partial charge in [-0.2, -0.15) is 9.57 Å². The van der Waals surface area contributed by atoms with Gasteiger partial charge in [-0.1, -0.05) is 0 Å². The maximum atomic E-state index is 12.3. The summed E-state index contributed by atoms with van der Waals surface area (Å²) in [5.74, 6) is 0. The third kappa shape index (κ3) is 2.25. The van der Waals surface area contributed by atoms with E-state index in [0.29, 0.717) is 19.1 Å². The van der Waals surface area contributed by atoms with Gasteiger partial charge in [0.2, 0.25) is 0 Å². The van der Waals surface area contributed by atoms with Crippen molar-refractivity contribution in [2.45, 2.75) is 30.0 Å². The van der Waals surface area contributed by atoms with Crippen molar-refractivity contribution in [1.29, 1.82) is 5.26 Å². The van der Waals surface area contributed by atoms with Crippen LogP contribution in [0.2, 0.25) is 0 Å². The maximum absolute atomic E-state index is 12.3. The summed E-state index contributed by atoms with van der Waals surface area (Å²) in [4.78, 5) is 8.48. The molecule has 1 aromatic rings. The Kier molecular flexibility index (Phi) is 3.05. The van der Waals surface area contributed by atoms with Gasteiger partial charge < -0.3 is 4.98 Å². The lowest BCUT2D eigenvalue weighted by Crippen LogP contribution is -2.54. The third-order valence-corrected chi connectivity index (χ3v) is 5.43. The molecule has 2 fully saturated rings. The largest absolute Gasteiger partial charge is 0.335 e. The van der Waals surface area contributed by atoms with Gasteiger partial charge in [0.25, 0.3) is 10.0 Å². The Morgan fingerprint density at radius 3 is 2.79 bits per heavy atom. The van der Waals surface area contributed by atoms with Crippen molar-refractivity contribution in [1.82, 2.24) is 19.2 Å². The zero-order valence-corrected chi connectivity index (χ0v) is 11.2. The van der Waals surface area contributed by atoms with Crippen LogP contribution in [-0.4, -0.2) is 59.3 Å². The molecule has 1 aromatic heterocycles. The molecule has 1 saturated heterocycles. The Morgan fingerprint density at radius 2 is 2.21 bits per heavy atom. The molecule has 1 aliphatic carbocycles. The van der Waals surface area contributed by atoms with E-state index in [1.807, 2.05) is 0 Å². The fourth-order valence-corrected chi connectivity index (χ4v) is 3.81. The zero-order valence-electron chi connectivity index (χ0n) is 10.4. The second kappa shape index (κ2) is 4.59. The lowest BCUT2D eigenvalue weighted by atomic mass is 10.2. The number of hydrogen-bond acceptors (Lipinski definition) is 5. The van der Waals surface area contributed by atoms with Crippen molar-refractivity contribution in [3.8, 4) is 6.07 Å². The number of nitrogens with one attached hydrogen (secondary N) is 1. The van der Waals surface area contributed by atoms with Crippen LogP contribution in [0.3, 0.4) is 0 Å². The minimum atomic E-state index is -3.55. The Labute approximate surface area is 111 Å². The molecule has 0 radical (unpaired) electrons. The van der Waals surface area contributed by atoms with Gasteiger partial charge in [0.05, 0.1) is 18.6 Å². The first-order valence-corrected chi connectivity index (χ1v) is 7.71. The van der Waals surface area contributed by atoms with Crippen LogP contribution >= 0.6 is 0 Å². The minimum absolute atomic E-state index is 0.0871. The predicted molar refractivity (Wildman–Crippen MR) is 66.5 cm³/mol. The summed E-state index contributed by atoms with van der Waals surface area (Å²) in [7, 11) is -3.55. The van der Waals surface area contributed by atoms with Crippen LogP contribution in [0.5, 0.6) is 0 Å². The predicted octanol–water partition coefficient (Wildman–Crippen LogP) is -0.229. The molecular weight excluding hydrogens is 266 g/mol. The van der Waals surface area contributed by atoms with Crippen LogP contribution in [0.4, 0.5) is 0 Å². The van der Waals surface area contributed by atoms with Crippen molar-refractivity contribution in [3.63, 3.8) is 0 Å². The monoisotopic (exact) mass is 281 g/mol. The first-order valence-electron chi connectivity index (χ1n) is 6.27. The molecule has 0 aromatic carbocycles. The molecule has 8 heteroatoms. The van der Waals surface area contributed by atoms with Crippen LogP contribution in [0.25, 0.3) is 0 Å². The Balaban J connectivity index is 1.79. The highest BCUT2D eigenvalue weighted by molar-refractivity contribution is 7.89. The highest BCUT2D eigenvalue weighted by Crippen LogP contribution is 2.31. The van der Waals surface area contributed by atoms with E-state index >= 15 is 0 Å². The summed E-state index contributed by atoms with van der Waals surface area (Å²) in [6, 6.07) is 2.34. The molecule has 0 amide bonds. The van der Waals surface area contributed by atoms with Crippen molar-refractivity contribution in [2.24, 2.45) is 0 Å². The lowest BCUT2D eigenvalue weighted by Gasteiger charge is -2.37. The number of sulfonamides is 1. The summed E-state index contributed by atoms with van der Waals surface area (Å²) in [5.41, 5.74) is 0. The van der Waals surface area contributed by atoms with Gasteiger partial charge in [-0.05, 0) is 12.8 Å². The molecule has 1 N–H and O–H groups in total. The smallest absolute Gasteiger partial charge is 0.260 e. The lowest BCUT2D eigenvalue weighted by molar-refractivity contribution is 0.141. The zero-order chi connectivity index (χ0) is 13.5. The van der Waals surface area contributed by atoms with Crippen LogP contribution in [0.1, 0.15) is 12.8 Å². The molecule has 1 unspecified atom stereocenters. The van der Waals surface area contributed by atoms with Crippen LogP contribution in [-0.2, 0) is 10.0 Å². The minimum Gasteiger partial charge on any atom is -0.335 e. The number of hydrogen-bond donors (Lipinski definition) is 1. The molecule has 1 aliphatic heterocycles. The number of H-pyrrole nitrogens is 1. The second-order valence-corrected chi connectivity index (χ2v) is 6.80. The standard InChI is InChI=1S/C11H15N5O2S/c12-5-10-7-15(3-4-16(10)9-1-2-9)19(17,18)11-6-13-8-14-11/h6,8-10H,1-4,7H2,(H,13,14).